The van der Waals surface area contributed by atoms with Crippen LogP contribution in [0.1, 0.15) is 87.9 Å². The molecule has 3 N–H and O–H groups in total. The number of amides is 3. The maximum Gasteiger partial charge on any atom is 0.319 e. The summed E-state index contributed by atoms with van der Waals surface area (Å²) in [4.78, 5) is 27.4. The van der Waals surface area contributed by atoms with Crippen LogP contribution >= 0.6 is 0 Å². The van der Waals surface area contributed by atoms with Gasteiger partial charge in [0.2, 0.25) is 0 Å². The number of benzene rings is 1. The van der Waals surface area contributed by atoms with Crippen molar-refractivity contribution in [2.24, 2.45) is 28.9 Å². The highest BCUT2D eigenvalue weighted by Crippen LogP contribution is 2.62. The first-order valence-corrected chi connectivity index (χ1v) is 12.4. The van der Waals surface area contributed by atoms with Crippen molar-refractivity contribution in [3.05, 3.63) is 29.8 Å². The fraction of sp³-hybridized carbons (Fsp3) is 0.692. The third-order valence-electron chi connectivity index (χ3n) is 8.92. The second-order valence-electron chi connectivity index (χ2n) is 11.0. The van der Waals surface area contributed by atoms with E-state index in [-0.39, 0.29) is 23.4 Å². The van der Waals surface area contributed by atoms with Crippen LogP contribution in [0, 0.1) is 23.2 Å². The first-order chi connectivity index (χ1) is 14.9. The van der Waals surface area contributed by atoms with E-state index in [0.29, 0.717) is 5.56 Å². The number of rotatable bonds is 5. The van der Waals surface area contributed by atoms with Gasteiger partial charge in [-0.05, 0) is 99.7 Å². The molecule has 1 atom stereocenters. The molecular formula is C26H37N3O2. The normalized spacial score (nSPS) is 33.1. The van der Waals surface area contributed by atoms with Crippen LogP contribution in [0.4, 0.5) is 10.5 Å². The van der Waals surface area contributed by atoms with E-state index >= 15 is 0 Å². The molecule has 5 aliphatic carbocycles. The molecule has 168 valence electrons. The maximum atomic E-state index is 12.9. The van der Waals surface area contributed by atoms with Gasteiger partial charge in [-0.2, -0.15) is 0 Å². The van der Waals surface area contributed by atoms with Crippen LogP contribution in [0.2, 0.25) is 0 Å². The molecule has 0 spiro atoms. The lowest BCUT2D eigenvalue weighted by Gasteiger charge is -2.60. The van der Waals surface area contributed by atoms with E-state index < -0.39 is 6.03 Å². The van der Waals surface area contributed by atoms with Crippen molar-refractivity contribution in [1.29, 1.82) is 0 Å². The minimum atomic E-state index is -0.409. The molecule has 0 saturated heterocycles. The Morgan fingerprint density at radius 2 is 1.65 bits per heavy atom. The third-order valence-corrected chi connectivity index (χ3v) is 8.92. The SMILES string of the molecule is CC(N(C(N)=O)c1cccc(C(=O)NC2CCCCC2)c1)C12CC3CC(CC(C3)C1)C2. The fourth-order valence-corrected chi connectivity index (χ4v) is 7.82. The van der Waals surface area contributed by atoms with Crippen LogP contribution in [0.5, 0.6) is 0 Å². The second kappa shape index (κ2) is 8.14. The zero-order valence-corrected chi connectivity index (χ0v) is 18.8. The van der Waals surface area contributed by atoms with Crippen molar-refractivity contribution in [3.63, 3.8) is 0 Å². The first-order valence-electron chi connectivity index (χ1n) is 12.4. The van der Waals surface area contributed by atoms with E-state index in [2.05, 4.69) is 12.2 Å². The van der Waals surface area contributed by atoms with Crippen molar-refractivity contribution in [2.75, 3.05) is 4.90 Å². The minimum absolute atomic E-state index is 0.0411. The van der Waals surface area contributed by atoms with Gasteiger partial charge in [-0.3, -0.25) is 9.69 Å². The van der Waals surface area contributed by atoms with E-state index in [9.17, 15) is 9.59 Å². The van der Waals surface area contributed by atoms with Crippen molar-refractivity contribution >= 4 is 17.6 Å². The van der Waals surface area contributed by atoms with Gasteiger partial charge < -0.3 is 11.1 Å². The lowest BCUT2D eigenvalue weighted by Crippen LogP contribution is -2.58. The molecule has 0 aromatic heterocycles. The van der Waals surface area contributed by atoms with Crippen molar-refractivity contribution < 1.29 is 9.59 Å². The molecular weight excluding hydrogens is 386 g/mol. The quantitative estimate of drug-likeness (QED) is 0.679. The number of anilines is 1. The van der Waals surface area contributed by atoms with Gasteiger partial charge in [0.1, 0.15) is 0 Å². The Kier molecular flexibility index (Phi) is 5.47. The Morgan fingerprint density at radius 3 is 2.23 bits per heavy atom. The van der Waals surface area contributed by atoms with Crippen molar-refractivity contribution in [3.8, 4) is 0 Å². The van der Waals surface area contributed by atoms with Gasteiger partial charge in [0.05, 0.1) is 0 Å². The molecule has 31 heavy (non-hydrogen) atoms. The van der Waals surface area contributed by atoms with Crippen LogP contribution in [0.3, 0.4) is 0 Å². The summed E-state index contributed by atoms with van der Waals surface area (Å²) in [6.07, 6.45) is 13.5. The highest BCUT2D eigenvalue weighted by atomic mass is 16.2. The molecule has 5 aliphatic rings. The summed E-state index contributed by atoms with van der Waals surface area (Å²) in [7, 11) is 0. The number of hydrogen-bond donors (Lipinski definition) is 2. The first kappa shape index (κ1) is 20.8. The number of nitrogens with two attached hydrogens (primary N) is 1. The number of carbonyl (C=O) groups is 2. The summed E-state index contributed by atoms with van der Waals surface area (Å²) < 4.78 is 0. The zero-order valence-electron chi connectivity index (χ0n) is 18.8. The molecule has 1 aromatic rings. The van der Waals surface area contributed by atoms with Crippen LogP contribution < -0.4 is 16.0 Å². The number of nitrogens with one attached hydrogen (secondary N) is 1. The van der Waals surface area contributed by atoms with Crippen molar-refractivity contribution in [2.45, 2.75) is 89.6 Å². The Bertz CT molecular complexity index is 810. The minimum Gasteiger partial charge on any atom is -0.351 e. The van der Waals surface area contributed by atoms with Crippen LogP contribution in [0.25, 0.3) is 0 Å². The number of primary amides is 1. The Labute approximate surface area is 186 Å². The van der Waals surface area contributed by atoms with Gasteiger partial charge in [-0.25, -0.2) is 4.79 Å². The molecule has 1 aromatic carbocycles. The molecule has 0 radical (unpaired) electrons. The molecule has 5 heteroatoms. The molecule has 0 aliphatic heterocycles. The van der Waals surface area contributed by atoms with Crippen LogP contribution in [-0.4, -0.2) is 24.0 Å². The summed E-state index contributed by atoms with van der Waals surface area (Å²) in [6, 6.07) is 7.43. The summed E-state index contributed by atoms with van der Waals surface area (Å²) in [6.45, 7) is 2.19. The van der Waals surface area contributed by atoms with Gasteiger partial charge in [0.15, 0.2) is 0 Å². The van der Waals surface area contributed by atoms with Gasteiger partial charge in [-0.15, -0.1) is 0 Å². The van der Waals surface area contributed by atoms with E-state index in [4.69, 9.17) is 5.73 Å². The predicted molar refractivity (Wildman–Crippen MR) is 123 cm³/mol. The molecule has 4 bridgehead atoms. The summed E-state index contributed by atoms with van der Waals surface area (Å²) in [5.74, 6) is 2.41. The molecule has 1 unspecified atom stereocenters. The molecule has 3 amide bonds. The maximum absolute atomic E-state index is 12.9. The fourth-order valence-electron chi connectivity index (χ4n) is 7.82. The second-order valence-corrected chi connectivity index (χ2v) is 11.0. The zero-order chi connectivity index (χ0) is 21.6. The lowest BCUT2D eigenvalue weighted by molar-refractivity contribution is -0.0637. The highest BCUT2D eigenvalue weighted by Gasteiger charge is 2.54. The Morgan fingerprint density at radius 1 is 1.03 bits per heavy atom. The van der Waals surface area contributed by atoms with E-state index in [1.54, 1.807) is 4.90 Å². The summed E-state index contributed by atoms with van der Waals surface area (Å²) in [5, 5.41) is 3.19. The van der Waals surface area contributed by atoms with E-state index in [1.807, 2.05) is 24.3 Å². The number of carbonyl (C=O) groups excluding carboxylic acids is 2. The molecule has 0 heterocycles. The monoisotopic (exact) mass is 423 g/mol. The lowest BCUT2D eigenvalue weighted by atomic mass is 9.47. The number of nitrogens with zero attached hydrogens (tertiary/aromatic N) is 1. The van der Waals surface area contributed by atoms with Crippen LogP contribution in [-0.2, 0) is 0 Å². The third kappa shape index (κ3) is 3.96. The molecule has 5 nitrogen and oxygen atoms in total. The summed E-state index contributed by atoms with van der Waals surface area (Å²) >= 11 is 0. The molecule has 6 rings (SSSR count). The topological polar surface area (TPSA) is 75.4 Å². The summed E-state index contributed by atoms with van der Waals surface area (Å²) in [5.41, 5.74) is 7.50. The average molecular weight is 424 g/mol. The Balaban J connectivity index is 1.37. The standard InChI is InChI=1S/C26H37N3O2/c1-17(26-14-18-10-19(15-26)12-20(11-18)16-26)29(25(27)31)23-9-5-6-21(13-23)24(30)28-22-7-3-2-4-8-22/h5-6,9,13,17-20,22H,2-4,7-8,10-12,14-16H2,1H3,(H2,27,31)(H,28,30). The molecule has 5 fully saturated rings. The average Bonchev–Trinajstić information content (AvgIpc) is 2.73. The van der Waals surface area contributed by atoms with E-state index in [0.717, 1.165) is 36.3 Å². The van der Waals surface area contributed by atoms with Gasteiger partial charge >= 0.3 is 6.03 Å². The molecule has 5 saturated carbocycles. The highest BCUT2D eigenvalue weighted by molar-refractivity contribution is 5.97. The van der Waals surface area contributed by atoms with Crippen LogP contribution in [0.15, 0.2) is 24.3 Å². The van der Waals surface area contributed by atoms with Gasteiger partial charge in [0.25, 0.3) is 5.91 Å². The Hall–Kier alpha value is -2.04. The number of urea groups is 1. The smallest absolute Gasteiger partial charge is 0.319 e. The van der Waals surface area contributed by atoms with Gasteiger partial charge in [-0.1, -0.05) is 25.3 Å². The van der Waals surface area contributed by atoms with Gasteiger partial charge in [0, 0.05) is 23.3 Å². The predicted octanol–water partition coefficient (Wildman–Crippen LogP) is 5.24. The van der Waals surface area contributed by atoms with Crippen molar-refractivity contribution in [1.82, 2.24) is 5.32 Å². The largest absolute Gasteiger partial charge is 0.351 e. The van der Waals surface area contributed by atoms with E-state index in [1.165, 1.54) is 57.8 Å². The number of hydrogen-bond acceptors (Lipinski definition) is 2.